The number of aryl methyl sites for hydroxylation is 2. The maximum Gasteiger partial charge on any atom is 0.438 e. The van der Waals surface area contributed by atoms with Crippen LogP contribution in [0.5, 0.6) is 0 Å². The van der Waals surface area contributed by atoms with Gasteiger partial charge in [-0.25, -0.2) is 23.1 Å². The van der Waals surface area contributed by atoms with Crippen LogP contribution >= 0.6 is 0 Å². The van der Waals surface area contributed by atoms with Gasteiger partial charge in [-0.15, -0.1) is 0 Å². The van der Waals surface area contributed by atoms with Crippen molar-refractivity contribution in [3.05, 3.63) is 139 Å². The van der Waals surface area contributed by atoms with Gasteiger partial charge < -0.3 is 14.2 Å². The molecule has 2 saturated carbocycles. The summed E-state index contributed by atoms with van der Waals surface area (Å²) in [6.07, 6.45) is 9.28. The van der Waals surface area contributed by atoms with E-state index in [1.165, 1.54) is 21.5 Å². The van der Waals surface area contributed by atoms with Gasteiger partial charge in [0.05, 0.1) is 51.9 Å². The van der Waals surface area contributed by atoms with Crippen LogP contribution in [-0.2, 0) is 16.7 Å². The van der Waals surface area contributed by atoms with E-state index in [2.05, 4.69) is 54.2 Å². The third-order valence-electron chi connectivity index (χ3n) is 15.0. The van der Waals surface area contributed by atoms with E-state index in [1.807, 2.05) is 22.2 Å². The maximum absolute atomic E-state index is 16.4. The van der Waals surface area contributed by atoms with Crippen LogP contribution in [0.3, 0.4) is 0 Å². The molecule has 4 unspecified atom stereocenters. The standard InChI is InChI=1S/C50H50F2N10O5/c1-26-19-34(20-27(2)42(26)51)62-44(59-17-16-58(48(59)65)39-12-11-38-35(43(39)52)25-53-61(38)33-8-9-33)41-29(4)57(15-13-36(41)55-62)45(63)40-22-32-21-30(31-14-18-66-49(5,6)24-31)7-10-37(32)60(40)50(23-28(50)3)46-54-47(64)67-56-46/h7,10-12,16-17,19-22,25,28-29,31,33H,8-9,13-15,18,23-24H2,1-6H3,(H,54,56,64). The number of amides is 1. The molecule has 0 bridgehead atoms. The summed E-state index contributed by atoms with van der Waals surface area (Å²) >= 11 is 0. The molecule has 1 saturated heterocycles. The number of hydrogen-bond acceptors (Lipinski definition) is 8. The zero-order valence-electron chi connectivity index (χ0n) is 38.1. The van der Waals surface area contributed by atoms with Gasteiger partial charge in [0.1, 0.15) is 22.9 Å². The second-order valence-electron chi connectivity index (χ2n) is 19.8. The minimum absolute atomic E-state index is 0.0000446. The normalized spacial score (nSPS) is 22.5. The second kappa shape index (κ2) is 14.6. The van der Waals surface area contributed by atoms with Gasteiger partial charge in [-0.2, -0.15) is 10.2 Å². The Kier molecular flexibility index (Phi) is 9.03. The molecule has 17 heteroatoms. The van der Waals surface area contributed by atoms with E-state index in [-0.39, 0.29) is 40.9 Å². The van der Waals surface area contributed by atoms with E-state index in [4.69, 9.17) is 14.4 Å². The minimum atomic E-state index is -0.856. The van der Waals surface area contributed by atoms with Gasteiger partial charge in [-0.3, -0.25) is 28.1 Å². The van der Waals surface area contributed by atoms with Gasteiger partial charge in [0.25, 0.3) is 5.91 Å². The highest BCUT2D eigenvalue weighted by molar-refractivity contribution is 6.00. The predicted molar refractivity (Wildman–Crippen MR) is 245 cm³/mol. The van der Waals surface area contributed by atoms with Crippen molar-refractivity contribution in [1.82, 2.24) is 48.3 Å². The lowest BCUT2D eigenvalue weighted by atomic mass is 9.83. The average molecular weight is 909 g/mol. The highest BCUT2D eigenvalue weighted by Crippen LogP contribution is 2.56. The first kappa shape index (κ1) is 41.5. The zero-order chi connectivity index (χ0) is 46.4. The van der Waals surface area contributed by atoms with Gasteiger partial charge >= 0.3 is 11.4 Å². The molecule has 4 atom stereocenters. The molecule has 12 rings (SSSR count). The van der Waals surface area contributed by atoms with Crippen molar-refractivity contribution in [1.29, 1.82) is 0 Å². The molecule has 4 aliphatic rings. The summed E-state index contributed by atoms with van der Waals surface area (Å²) in [5, 5.41) is 14.9. The van der Waals surface area contributed by atoms with Gasteiger partial charge in [-0.1, -0.05) is 18.1 Å². The van der Waals surface area contributed by atoms with Crippen molar-refractivity contribution >= 4 is 27.7 Å². The van der Waals surface area contributed by atoms with E-state index in [9.17, 15) is 9.59 Å². The van der Waals surface area contributed by atoms with Crippen molar-refractivity contribution in [2.45, 2.75) is 109 Å². The lowest BCUT2D eigenvalue weighted by Crippen LogP contribution is -2.41. The van der Waals surface area contributed by atoms with Gasteiger partial charge in [-0.05, 0) is 138 Å². The van der Waals surface area contributed by atoms with Crippen molar-refractivity contribution in [3.63, 3.8) is 0 Å². The molecule has 0 spiro atoms. The molecule has 8 aromatic rings. The summed E-state index contributed by atoms with van der Waals surface area (Å²) < 4.78 is 50.9. The summed E-state index contributed by atoms with van der Waals surface area (Å²) in [7, 11) is 0. The number of rotatable bonds is 8. The number of nitrogens with zero attached hydrogens (tertiary/aromatic N) is 9. The van der Waals surface area contributed by atoms with Gasteiger partial charge in [0.2, 0.25) is 0 Å². The van der Waals surface area contributed by atoms with Crippen LogP contribution in [0, 0.1) is 31.4 Å². The maximum atomic E-state index is 16.4. The van der Waals surface area contributed by atoms with Crippen molar-refractivity contribution < 1.29 is 22.8 Å². The number of H-pyrrole nitrogens is 1. The molecule has 1 N–H and O–H groups in total. The molecule has 3 aromatic carbocycles. The Morgan fingerprint density at radius 3 is 2.36 bits per heavy atom. The topological polar surface area (TPSA) is 156 Å². The summed E-state index contributed by atoms with van der Waals surface area (Å²) in [4.78, 5) is 47.4. The van der Waals surface area contributed by atoms with Crippen LogP contribution in [0.25, 0.3) is 39.0 Å². The van der Waals surface area contributed by atoms with Crippen LogP contribution in [0.2, 0.25) is 0 Å². The van der Waals surface area contributed by atoms with Gasteiger partial charge in [0, 0.05) is 48.4 Å². The molecule has 15 nitrogen and oxygen atoms in total. The summed E-state index contributed by atoms with van der Waals surface area (Å²) in [6, 6.07) is 14.7. The lowest BCUT2D eigenvalue weighted by Gasteiger charge is -2.35. The molecule has 2 aliphatic heterocycles. The first-order valence-corrected chi connectivity index (χ1v) is 23.2. The Hall–Kier alpha value is -6.88. The number of aromatic nitrogens is 9. The SMILES string of the molecule is Cc1cc(-n2nc3c(c2-n2ccn(-c4ccc5c(cnn5C5CC5)c4F)c2=O)C(C)N(C(=O)c2cc4cc(C5CCOC(C)(C)C5)ccc4n2C2(c4noc(=O)[nH]4)CC2C)CC3)cc(C)c1F. The van der Waals surface area contributed by atoms with Crippen LogP contribution < -0.4 is 11.4 Å². The third kappa shape index (κ3) is 6.29. The molecule has 3 fully saturated rings. The molecule has 67 heavy (non-hydrogen) atoms. The van der Waals surface area contributed by atoms with E-state index in [0.717, 1.165) is 42.1 Å². The number of carbonyl (C=O) groups is 1. The number of nitrogens with one attached hydrogen (secondary N) is 1. The second-order valence-corrected chi connectivity index (χ2v) is 19.8. The minimum Gasteiger partial charge on any atom is -0.376 e. The lowest BCUT2D eigenvalue weighted by molar-refractivity contribution is -0.0592. The Labute approximate surface area is 382 Å². The molecule has 0 radical (unpaired) electrons. The Bertz CT molecular complexity index is 3470. The molecule has 7 heterocycles. The first-order valence-electron chi connectivity index (χ1n) is 23.2. The van der Waals surface area contributed by atoms with E-state index in [1.54, 1.807) is 53.9 Å². The van der Waals surface area contributed by atoms with E-state index in [0.29, 0.717) is 82.3 Å². The smallest absolute Gasteiger partial charge is 0.376 e. The quantitative estimate of drug-likeness (QED) is 0.160. The molecular formula is C50H50F2N10O5. The van der Waals surface area contributed by atoms with Crippen LogP contribution in [0.15, 0.2) is 81.2 Å². The average Bonchev–Trinajstić information content (AvgIpc) is 3.82. The summed E-state index contributed by atoms with van der Waals surface area (Å²) in [6.45, 7) is 12.5. The summed E-state index contributed by atoms with van der Waals surface area (Å²) in [5.41, 5.74) is 4.10. The van der Waals surface area contributed by atoms with Crippen molar-refractivity contribution in [2.75, 3.05) is 13.2 Å². The Morgan fingerprint density at radius 1 is 0.910 bits per heavy atom. The van der Waals surface area contributed by atoms with Crippen molar-refractivity contribution in [3.8, 4) is 17.2 Å². The monoisotopic (exact) mass is 908 g/mol. The van der Waals surface area contributed by atoms with Crippen molar-refractivity contribution in [2.24, 2.45) is 5.92 Å². The van der Waals surface area contributed by atoms with Gasteiger partial charge in [0.15, 0.2) is 11.6 Å². The van der Waals surface area contributed by atoms with E-state index >= 15 is 13.6 Å². The largest absolute Gasteiger partial charge is 0.438 e. The number of fused-ring (bicyclic) bond motifs is 3. The molecule has 2 aliphatic carbocycles. The number of halogens is 2. The summed E-state index contributed by atoms with van der Waals surface area (Å²) in [5.74, 6) is -0.863. The van der Waals surface area contributed by atoms with Crippen LogP contribution in [-0.4, -0.2) is 73.0 Å². The fourth-order valence-corrected chi connectivity index (χ4v) is 11.3. The predicted octanol–water partition coefficient (Wildman–Crippen LogP) is 8.24. The third-order valence-corrected chi connectivity index (χ3v) is 15.0. The fourth-order valence-electron chi connectivity index (χ4n) is 11.3. The molecule has 344 valence electrons. The number of carbonyl (C=O) groups excluding carboxylic acids is 1. The molecular weight excluding hydrogens is 859 g/mol. The number of ether oxygens (including phenoxy) is 1. The molecule has 1 amide bonds. The number of hydrogen-bond donors (Lipinski definition) is 1. The van der Waals surface area contributed by atoms with E-state index < -0.39 is 28.8 Å². The highest BCUT2D eigenvalue weighted by atomic mass is 19.1. The Morgan fingerprint density at radius 2 is 1.66 bits per heavy atom. The first-order chi connectivity index (χ1) is 32.1. The number of benzene rings is 3. The van der Waals surface area contributed by atoms with Crippen LogP contribution in [0.1, 0.15) is 122 Å². The number of aromatic amines is 1. The van der Waals surface area contributed by atoms with Crippen LogP contribution in [0.4, 0.5) is 8.78 Å². The fraction of sp³-hybridized carbons (Fsp3) is 0.400. The highest BCUT2D eigenvalue weighted by Gasteiger charge is 2.59. The molecule has 5 aromatic heterocycles. The Balaban J connectivity index is 0.994. The zero-order valence-corrected chi connectivity index (χ0v) is 38.1. The number of imidazole rings is 1.